The lowest BCUT2D eigenvalue weighted by Gasteiger charge is -2.49. The number of hydrogen-bond acceptors (Lipinski definition) is 4. The first kappa shape index (κ1) is 15.4. The molecule has 0 radical (unpaired) electrons. The minimum atomic E-state index is -1.01. The Morgan fingerprint density at radius 2 is 1.87 bits per heavy atom. The normalized spacial score (nSPS) is 57.7. The van der Waals surface area contributed by atoms with Crippen molar-refractivity contribution in [1.82, 2.24) is 0 Å². The summed E-state index contributed by atoms with van der Waals surface area (Å²) in [6, 6.07) is 0. The highest BCUT2D eigenvalue weighted by Crippen LogP contribution is 2.77. The Morgan fingerprint density at radius 3 is 2.48 bits per heavy atom. The number of allylic oxidation sites excluding steroid dienone is 1. The van der Waals surface area contributed by atoms with Crippen LogP contribution in [0.3, 0.4) is 0 Å². The molecule has 126 valence electrons. The highest BCUT2D eigenvalue weighted by atomic mass is 16.6. The average molecular weight is 318 g/mol. The molecule has 4 rings (SSSR count). The van der Waals surface area contributed by atoms with Crippen LogP contribution in [0.4, 0.5) is 0 Å². The maximum absolute atomic E-state index is 12.9. The lowest BCUT2D eigenvalue weighted by molar-refractivity contribution is -0.160. The highest BCUT2D eigenvalue weighted by Gasteiger charge is 2.84. The Morgan fingerprint density at radius 1 is 1.22 bits per heavy atom. The van der Waals surface area contributed by atoms with Crippen LogP contribution in [0.2, 0.25) is 0 Å². The molecule has 7 atom stereocenters. The van der Waals surface area contributed by atoms with Crippen LogP contribution in [0.1, 0.15) is 54.4 Å². The van der Waals surface area contributed by atoms with Gasteiger partial charge in [0.2, 0.25) is 0 Å². The summed E-state index contributed by atoms with van der Waals surface area (Å²) >= 11 is 0. The molecule has 0 aromatic rings. The average Bonchev–Trinajstić information content (AvgIpc) is 2.87. The molecule has 23 heavy (non-hydrogen) atoms. The SMILES string of the molecule is C/C=C(\C)C1OC2CC(=O)[C@]3(C)C(=O)O[C@]4(C)C[C@@]1(C)[C@@]2(C)C34. The molecule has 4 fully saturated rings. The van der Waals surface area contributed by atoms with Gasteiger partial charge in [0.15, 0.2) is 5.78 Å². The number of rotatable bonds is 1. The maximum atomic E-state index is 12.9. The molecule has 0 amide bonds. The van der Waals surface area contributed by atoms with E-state index in [1.807, 2.05) is 13.8 Å². The summed E-state index contributed by atoms with van der Waals surface area (Å²) in [6.45, 7) is 12.4. The lowest BCUT2D eigenvalue weighted by atomic mass is 9.50. The summed E-state index contributed by atoms with van der Waals surface area (Å²) < 4.78 is 12.3. The van der Waals surface area contributed by atoms with Gasteiger partial charge >= 0.3 is 5.97 Å². The number of carbonyl (C=O) groups excluding carboxylic acids is 2. The van der Waals surface area contributed by atoms with Crippen molar-refractivity contribution in [3.63, 3.8) is 0 Å². The molecule has 4 heteroatoms. The van der Waals surface area contributed by atoms with Crippen LogP contribution in [-0.2, 0) is 19.1 Å². The third kappa shape index (κ3) is 1.32. The molecule has 3 unspecified atom stereocenters. The summed E-state index contributed by atoms with van der Waals surface area (Å²) in [4.78, 5) is 25.4. The van der Waals surface area contributed by atoms with Gasteiger partial charge in [0.25, 0.3) is 0 Å². The van der Waals surface area contributed by atoms with Crippen molar-refractivity contribution in [3.8, 4) is 0 Å². The van der Waals surface area contributed by atoms with Crippen LogP contribution in [0.15, 0.2) is 11.6 Å². The third-order valence-electron chi connectivity index (χ3n) is 7.85. The van der Waals surface area contributed by atoms with E-state index >= 15 is 0 Å². The number of ketones is 1. The molecule has 0 aromatic carbocycles. The van der Waals surface area contributed by atoms with Crippen LogP contribution in [0.25, 0.3) is 0 Å². The quantitative estimate of drug-likeness (QED) is 0.424. The van der Waals surface area contributed by atoms with E-state index in [0.29, 0.717) is 6.42 Å². The van der Waals surface area contributed by atoms with Crippen molar-refractivity contribution >= 4 is 11.8 Å². The summed E-state index contributed by atoms with van der Waals surface area (Å²) in [5, 5.41) is 0. The Bertz CT molecular complexity index is 666. The van der Waals surface area contributed by atoms with E-state index in [4.69, 9.17) is 9.47 Å². The summed E-state index contributed by atoms with van der Waals surface area (Å²) in [5.74, 6) is -0.453. The van der Waals surface area contributed by atoms with Crippen molar-refractivity contribution in [1.29, 1.82) is 0 Å². The van der Waals surface area contributed by atoms with E-state index < -0.39 is 11.0 Å². The largest absolute Gasteiger partial charge is 0.458 e. The smallest absolute Gasteiger partial charge is 0.320 e. The van der Waals surface area contributed by atoms with Gasteiger partial charge < -0.3 is 9.47 Å². The van der Waals surface area contributed by atoms with E-state index in [1.54, 1.807) is 6.92 Å². The van der Waals surface area contributed by atoms with E-state index in [9.17, 15) is 9.59 Å². The summed E-state index contributed by atoms with van der Waals surface area (Å²) in [5.41, 5.74) is -0.742. The van der Waals surface area contributed by atoms with Crippen LogP contribution in [0.5, 0.6) is 0 Å². The zero-order chi connectivity index (χ0) is 17.0. The number of Topliss-reactive ketones (excluding diaryl/α,β-unsaturated/α-hetero) is 1. The summed E-state index contributed by atoms with van der Waals surface area (Å²) in [7, 11) is 0. The molecule has 0 spiro atoms. The minimum absolute atomic E-state index is 0.0123. The van der Waals surface area contributed by atoms with E-state index in [0.717, 1.165) is 6.42 Å². The van der Waals surface area contributed by atoms with Gasteiger partial charge in [0, 0.05) is 23.2 Å². The second-order valence-electron chi connectivity index (χ2n) is 8.88. The van der Waals surface area contributed by atoms with Crippen LogP contribution < -0.4 is 0 Å². The van der Waals surface area contributed by atoms with Crippen LogP contribution in [-0.4, -0.2) is 29.6 Å². The van der Waals surface area contributed by atoms with E-state index in [2.05, 4.69) is 26.8 Å². The summed E-state index contributed by atoms with van der Waals surface area (Å²) in [6.07, 6.45) is 3.02. The van der Waals surface area contributed by atoms with Crippen LogP contribution in [0, 0.1) is 22.2 Å². The van der Waals surface area contributed by atoms with Crippen molar-refractivity contribution < 1.29 is 19.1 Å². The van der Waals surface area contributed by atoms with Crippen molar-refractivity contribution in [3.05, 3.63) is 11.6 Å². The fraction of sp³-hybridized carbons (Fsp3) is 0.789. The van der Waals surface area contributed by atoms with Crippen molar-refractivity contribution in [2.45, 2.75) is 72.2 Å². The molecule has 0 bridgehead atoms. The highest BCUT2D eigenvalue weighted by molar-refractivity contribution is 6.06. The molecular formula is C19H26O4. The predicted molar refractivity (Wildman–Crippen MR) is 84.6 cm³/mol. The number of ether oxygens (including phenoxy) is 2. The molecule has 0 N–H and O–H groups in total. The van der Waals surface area contributed by atoms with Gasteiger partial charge in [-0.15, -0.1) is 0 Å². The van der Waals surface area contributed by atoms with Gasteiger partial charge in [0.1, 0.15) is 11.0 Å². The molecule has 4 nitrogen and oxygen atoms in total. The second kappa shape index (κ2) is 3.90. The maximum Gasteiger partial charge on any atom is 0.320 e. The zero-order valence-electron chi connectivity index (χ0n) is 14.9. The van der Waals surface area contributed by atoms with Gasteiger partial charge in [-0.2, -0.15) is 0 Å². The minimum Gasteiger partial charge on any atom is -0.458 e. The zero-order valence-corrected chi connectivity index (χ0v) is 14.9. The molecular weight excluding hydrogens is 292 g/mol. The van der Waals surface area contributed by atoms with Gasteiger partial charge in [-0.3, -0.25) is 9.59 Å². The van der Waals surface area contributed by atoms with E-state index in [-0.39, 0.29) is 40.7 Å². The Hall–Kier alpha value is -1.16. The fourth-order valence-corrected chi connectivity index (χ4v) is 6.79. The number of esters is 1. The third-order valence-corrected chi connectivity index (χ3v) is 7.85. The first-order chi connectivity index (χ1) is 10.6. The molecule has 2 heterocycles. The molecule has 2 saturated carbocycles. The second-order valence-corrected chi connectivity index (χ2v) is 8.88. The molecule has 2 aliphatic carbocycles. The van der Waals surface area contributed by atoms with Gasteiger partial charge in [0.05, 0.1) is 12.2 Å². The lowest BCUT2D eigenvalue weighted by Crippen LogP contribution is -2.58. The predicted octanol–water partition coefficient (Wildman–Crippen LogP) is 3.05. The monoisotopic (exact) mass is 318 g/mol. The number of hydrogen-bond donors (Lipinski definition) is 0. The Labute approximate surface area is 137 Å². The standard InChI is InChI=1S/C19H26O4/c1-7-10(2)13-16(3)9-17(4)14-18(5,15(21)23-17)11(20)8-12(22-13)19(14,16)6/h7,12-14H,8-9H2,1-6H3/b10-7+/t12?,13?,14?,16-,17-,18+,19-/m1/s1. The van der Waals surface area contributed by atoms with Gasteiger partial charge in [-0.1, -0.05) is 19.9 Å². The Kier molecular flexibility index (Phi) is 2.61. The van der Waals surface area contributed by atoms with E-state index in [1.165, 1.54) is 5.57 Å². The topological polar surface area (TPSA) is 52.6 Å². The van der Waals surface area contributed by atoms with Gasteiger partial charge in [-0.25, -0.2) is 0 Å². The molecule has 2 saturated heterocycles. The van der Waals surface area contributed by atoms with Crippen molar-refractivity contribution in [2.24, 2.45) is 22.2 Å². The first-order valence-corrected chi connectivity index (χ1v) is 8.60. The number of carbonyl (C=O) groups is 2. The molecule has 2 aliphatic heterocycles. The van der Waals surface area contributed by atoms with Crippen molar-refractivity contribution in [2.75, 3.05) is 0 Å². The first-order valence-electron chi connectivity index (χ1n) is 8.60. The van der Waals surface area contributed by atoms with Crippen LogP contribution >= 0.6 is 0 Å². The molecule has 4 aliphatic rings. The Balaban J connectivity index is 1.96. The fourth-order valence-electron chi connectivity index (χ4n) is 6.79. The van der Waals surface area contributed by atoms with Gasteiger partial charge in [-0.05, 0) is 39.7 Å². The molecule has 0 aromatic heterocycles.